The van der Waals surface area contributed by atoms with Crippen LogP contribution < -0.4 is 10.2 Å². The van der Waals surface area contributed by atoms with Crippen LogP contribution in [0.2, 0.25) is 0 Å². The second kappa shape index (κ2) is 9.58. The van der Waals surface area contributed by atoms with Crippen LogP contribution in [0.15, 0.2) is 53.4 Å². The van der Waals surface area contributed by atoms with Crippen molar-refractivity contribution in [3.8, 4) is 5.75 Å². The Hall–Kier alpha value is -3.44. The van der Waals surface area contributed by atoms with Crippen molar-refractivity contribution < 1.29 is 24.4 Å². The van der Waals surface area contributed by atoms with Gasteiger partial charge >= 0.3 is 5.97 Å². The highest BCUT2D eigenvalue weighted by atomic mass is 32.2. The molecule has 1 saturated heterocycles. The summed E-state index contributed by atoms with van der Waals surface area (Å²) in [6.45, 7) is 1.72. The number of nitrogens with one attached hydrogen (secondary N) is 1. The number of nitrogens with zero attached hydrogens (tertiary/aromatic N) is 2. The molecule has 0 spiro atoms. The van der Waals surface area contributed by atoms with E-state index < -0.39 is 17.0 Å². The standard InChI is InChI=1S/C20H17N3O6S2/c1-2-16(19(25)26)29-15-9-3-12(4-10-15)11-17-18(24)22(20(30)31-17)21-13-5-7-14(8-6-13)23(27)28/h3-11,16,21H,2H2,1H3,(H,25,26)/b17-11+. The van der Waals surface area contributed by atoms with Crippen molar-refractivity contribution in [2.24, 2.45) is 0 Å². The number of benzene rings is 2. The fourth-order valence-electron chi connectivity index (χ4n) is 2.62. The number of nitro groups is 1. The molecule has 0 bridgehead atoms. The van der Waals surface area contributed by atoms with Gasteiger partial charge in [0, 0.05) is 12.1 Å². The summed E-state index contributed by atoms with van der Waals surface area (Å²) in [7, 11) is 0. The lowest BCUT2D eigenvalue weighted by Crippen LogP contribution is -2.33. The number of hydrogen-bond donors (Lipinski definition) is 2. The molecular formula is C20H17N3O6S2. The van der Waals surface area contributed by atoms with Gasteiger partial charge in [-0.3, -0.25) is 20.3 Å². The van der Waals surface area contributed by atoms with Crippen molar-refractivity contribution in [1.29, 1.82) is 0 Å². The Morgan fingerprint density at radius 2 is 1.94 bits per heavy atom. The number of non-ortho nitro benzene ring substituents is 1. The van der Waals surface area contributed by atoms with E-state index in [0.29, 0.717) is 32.6 Å². The molecular weight excluding hydrogens is 442 g/mol. The van der Waals surface area contributed by atoms with E-state index >= 15 is 0 Å². The van der Waals surface area contributed by atoms with Gasteiger partial charge in [0.1, 0.15) is 5.75 Å². The average molecular weight is 460 g/mol. The number of ether oxygens (including phenoxy) is 1. The lowest BCUT2D eigenvalue weighted by Gasteiger charge is -2.16. The van der Waals surface area contributed by atoms with E-state index in [1.807, 2.05) is 0 Å². The number of anilines is 1. The van der Waals surface area contributed by atoms with E-state index in [1.165, 1.54) is 29.3 Å². The van der Waals surface area contributed by atoms with E-state index in [-0.39, 0.29) is 11.6 Å². The van der Waals surface area contributed by atoms with Gasteiger partial charge in [0.2, 0.25) is 0 Å². The number of nitro benzene ring substituents is 1. The van der Waals surface area contributed by atoms with Crippen molar-refractivity contribution in [1.82, 2.24) is 5.01 Å². The minimum absolute atomic E-state index is 0.0585. The van der Waals surface area contributed by atoms with Crippen LogP contribution in [0.4, 0.5) is 11.4 Å². The van der Waals surface area contributed by atoms with E-state index in [2.05, 4.69) is 5.43 Å². The molecule has 1 unspecified atom stereocenters. The average Bonchev–Trinajstić information content (AvgIpc) is 3.00. The lowest BCUT2D eigenvalue weighted by atomic mass is 10.2. The van der Waals surface area contributed by atoms with Crippen LogP contribution in [-0.4, -0.2) is 37.3 Å². The maximum absolute atomic E-state index is 12.7. The number of thioether (sulfide) groups is 1. The van der Waals surface area contributed by atoms with Gasteiger partial charge in [-0.2, -0.15) is 0 Å². The molecule has 1 heterocycles. The van der Waals surface area contributed by atoms with Crippen molar-refractivity contribution in [3.05, 3.63) is 69.1 Å². The Morgan fingerprint density at radius 1 is 1.29 bits per heavy atom. The molecule has 160 valence electrons. The Kier molecular flexibility index (Phi) is 6.88. The van der Waals surface area contributed by atoms with Gasteiger partial charge in [0.15, 0.2) is 10.4 Å². The van der Waals surface area contributed by atoms with Crippen LogP contribution >= 0.6 is 24.0 Å². The predicted molar refractivity (Wildman–Crippen MR) is 121 cm³/mol. The molecule has 3 rings (SSSR count). The van der Waals surface area contributed by atoms with Gasteiger partial charge in [-0.1, -0.05) is 30.8 Å². The van der Waals surface area contributed by atoms with Crippen molar-refractivity contribution in [2.75, 3.05) is 5.43 Å². The van der Waals surface area contributed by atoms with Gasteiger partial charge in [-0.15, -0.1) is 0 Å². The monoisotopic (exact) mass is 459 g/mol. The minimum Gasteiger partial charge on any atom is -0.479 e. The van der Waals surface area contributed by atoms with Crippen LogP contribution in [0, 0.1) is 10.1 Å². The number of thiocarbonyl (C=S) groups is 1. The van der Waals surface area contributed by atoms with Crippen molar-refractivity contribution in [2.45, 2.75) is 19.4 Å². The number of hydrogen-bond acceptors (Lipinski definition) is 8. The fraction of sp³-hybridized carbons (Fsp3) is 0.150. The first-order chi connectivity index (χ1) is 14.8. The zero-order valence-corrected chi connectivity index (χ0v) is 17.8. The Labute approximate surface area is 186 Å². The first-order valence-corrected chi connectivity index (χ1v) is 10.3. The first kappa shape index (κ1) is 22.2. The highest BCUT2D eigenvalue weighted by Crippen LogP contribution is 2.33. The van der Waals surface area contributed by atoms with Gasteiger partial charge in [0.05, 0.1) is 15.5 Å². The van der Waals surface area contributed by atoms with Crippen LogP contribution in [0.25, 0.3) is 6.08 Å². The molecule has 2 aromatic carbocycles. The molecule has 2 N–H and O–H groups in total. The molecule has 0 aliphatic carbocycles. The minimum atomic E-state index is -1.03. The normalized spacial score (nSPS) is 15.8. The predicted octanol–water partition coefficient (Wildman–Crippen LogP) is 4.07. The molecule has 1 atom stereocenters. The van der Waals surface area contributed by atoms with Crippen molar-refractivity contribution in [3.63, 3.8) is 0 Å². The first-order valence-electron chi connectivity index (χ1n) is 9.07. The van der Waals surface area contributed by atoms with Crippen LogP contribution in [0.1, 0.15) is 18.9 Å². The van der Waals surface area contributed by atoms with Gasteiger partial charge in [-0.05, 0) is 54.5 Å². The number of aliphatic carboxylic acids is 1. The SMILES string of the molecule is CCC(Oc1ccc(/C=C2/SC(=S)N(Nc3ccc([N+](=O)[O-])cc3)C2=O)cc1)C(=O)O. The highest BCUT2D eigenvalue weighted by Gasteiger charge is 2.32. The third-order valence-corrected chi connectivity index (χ3v) is 5.52. The smallest absolute Gasteiger partial charge is 0.344 e. The van der Waals surface area contributed by atoms with E-state index in [9.17, 15) is 19.7 Å². The number of carboxylic acid groups (broad SMARTS) is 1. The summed E-state index contributed by atoms with van der Waals surface area (Å²) in [5, 5.41) is 21.0. The molecule has 11 heteroatoms. The van der Waals surface area contributed by atoms with Gasteiger partial charge in [0.25, 0.3) is 11.6 Å². The summed E-state index contributed by atoms with van der Waals surface area (Å²) < 4.78 is 5.71. The topological polar surface area (TPSA) is 122 Å². The quantitative estimate of drug-likeness (QED) is 0.260. The maximum atomic E-state index is 12.7. The third kappa shape index (κ3) is 5.38. The number of rotatable bonds is 8. The van der Waals surface area contributed by atoms with Gasteiger partial charge in [-0.25, -0.2) is 9.80 Å². The maximum Gasteiger partial charge on any atom is 0.344 e. The van der Waals surface area contributed by atoms with Crippen LogP contribution in [0.5, 0.6) is 5.75 Å². The molecule has 31 heavy (non-hydrogen) atoms. The molecule has 9 nitrogen and oxygen atoms in total. The summed E-state index contributed by atoms with van der Waals surface area (Å²) in [5.41, 5.74) is 3.99. The van der Waals surface area contributed by atoms with E-state index in [0.717, 1.165) is 11.8 Å². The summed E-state index contributed by atoms with van der Waals surface area (Å²) in [6.07, 6.45) is 1.07. The molecule has 1 fully saturated rings. The number of hydrazine groups is 1. The molecule has 1 aliphatic heterocycles. The molecule has 2 aromatic rings. The number of carbonyl (C=O) groups excluding carboxylic acids is 1. The number of amides is 1. The second-order valence-corrected chi connectivity index (χ2v) is 8.03. The summed E-state index contributed by atoms with van der Waals surface area (Å²) in [5.74, 6) is -0.972. The summed E-state index contributed by atoms with van der Waals surface area (Å²) in [6, 6.07) is 12.3. The Bertz CT molecular complexity index is 1050. The molecule has 0 saturated carbocycles. The molecule has 1 amide bonds. The summed E-state index contributed by atoms with van der Waals surface area (Å²) in [4.78, 5) is 34.4. The molecule has 0 aromatic heterocycles. The number of carboxylic acids is 1. The van der Waals surface area contributed by atoms with Crippen LogP contribution in [-0.2, 0) is 9.59 Å². The largest absolute Gasteiger partial charge is 0.479 e. The van der Waals surface area contributed by atoms with Crippen molar-refractivity contribution >= 4 is 57.6 Å². The zero-order chi connectivity index (χ0) is 22.5. The fourth-order valence-corrected chi connectivity index (χ4v) is 3.80. The molecule has 1 aliphatic rings. The second-order valence-electron chi connectivity index (χ2n) is 6.35. The number of carbonyl (C=O) groups is 2. The molecule has 0 radical (unpaired) electrons. The lowest BCUT2D eigenvalue weighted by molar-refractivity contribution is -0.384. The van der Waals surface area contributed by atoms with E-state index in [4.69, 9.17) is 22.1 Å². The third-order valence-electron chi connectivity index (χ3n) is 4.22. The van der Waals surface area contributed by atoms with E-state index in [1.54, 1.807) is 37.3 Å². The highest BCUT2D eigenvalue weighted by molar-refractivity contribution is 8.26. The van der Waals surface area contributed by atoms with Gasteiger partial charge < -0.3 is 9.84 Å². The summed E-state index contributed by atoms with van der Waals surface area (Å²) >= 11 is 6.38. The Morgan fingerprint density at radius 3 is 2.48 bits per heavy atom. The van der Waals surface area contributed by atoms with Crippen LogP contribution in [0.3, 0.4) is 0 Å². The zero-order valence-electron chi connectivity index (χ0n) is 16.2. The Balaban J connectivity index is 1.69.